The van der Waals surface area contributed by atoms with Crippen molar-refractivity contribution in [2.75, 3.05) is 7.11 Å². The number of aliphatic hydroxyl groups is 2. The molecule has 0 aliphatic heterocycles. The lowest BCUT2D eigenvalue weighted by Crippen LogP contribution is -2.18. The molecule has 0 aromatic heterocycles. The van der Waals surface area contributed by atoms with E-state index in [1.807, 2.05) is 6.07 Å². The molecule has 1 aromatic carbocycles. The molecule has 0 spiro atoms. The van der Waals surface area contributed by atoms with E-state index in [4.69, 9.17) is 4.74 Å². The predicted octanol–water partition coefficient (Wildman–Crippen LogP) is 3.81. The zero-order valence-corrected chi connectivity index (χ0v) is 14.5. The van der Waals surface area contributed by atoms with Crippen LogP contribution >= 0.6 is 0 Å². The van der Waals surface area contributed by atoms with Gasteiger partial charge in [-0.3, -0.25) is 0 Å². The minimum absolute atomic E-state index is 0.121. The standard InChI is InChI=1S/C19H32O4/c1-3-4-5-6-7-8-16(20)14-17(21)11-9-15-10-12-18(22)19(13-15)23-2/h10,12-13,16-17,20-22H,3-9,11,14H2,1-2H3/t16-,17+/m1/s1. The summed E-state index contributed by atoms with van der Waals surface area (Å²) in [5.41, 5.74) is 1.01. The number of methoxy groups -OCH3 is 1. The van der Waals surface area contributed by atoms with Gasteiger partial charge in [0.15, 0.2) is 11.5 Å². The average molecular weight is 324 g/mol. The van der Waals surface area contributed by atoms with Crippen molar-refractivity contribution in [3.05, 3.63) is 23.8 Å². The normalized spacial score (nSPS) is 13.7. The van der Waals surface area contributed by atoms with Crippen molar-refractivity contribution < 1.29 is 20.1 Å². The Kier molecular flexibility index (Phi) is 9.72. The van der Waals surface area contributed by atoms with Crippen molar-refractivity contribution in [1.29, 1.82) is 0 Å². The third-order valence-corrected chi connectivity index (χ3v) is 4.20. The van der Waals surface area contributed by atoms with E-state index in [9.17, 15) is 15.3 Å². The van der Waals surface area contributed by atoms with Gasteiger partial charge >= 0.3 is 0 Å². The first-order valence-electron chi connectivity index (χ1n) is 8.78. The van der Waals surface area contributed by atoms with Crippen molar-refractivity contribution in [2.45, 2.75) is 76.9 Å². The Morgan fingerprint density at radius 3 is 2.39 bits per heavy atom. The van der Waals surface area contributed by atoms with E-state index in [1.165, 1.54) is 26.4 Å². The highest BCUT2D eigenvalue weighted by Crippen LogP contribution is 2.27. The number of aryl methyl sites for hydroxylation is 1. The first-order chi connectivity index (χ1) is 11.1. The van der Waals surface area contributed by atoms with Gasteiger partial charge in [-0.05, 0) is 43.4 Å². The maximum atomic E-state index is 10.1. The van der Waals surface area contributed by atoms with Gasteiger partial charge in [0.05, 0.1) is 19.3 Å². The number of aromatic hydroxyl groups is 1. The summed E-state index contributed by atoms with van der Waals surface area (Å²) in [5.74, 6) is 0.569. The number of aliphatic hydroxyl groups excluding tert-OH is 2. The molecule has 132 valence electrons. The van der Waals surface area contributed by atoms with Gasteiger partial charge in [-0.25, -0.2) is 0 Å². The van der Waals surface area contributed by atoms with E-state index in [0.29, 0.717) is 25.0 Å². The second-order valence-electron chi connectivity index (χ2n) is 6.29. The predicted molar refractivity (Wildman–Crippen MR) is 93.0 cm³/mol. The molecule has 0 saturated heterocycles. The van der Waals surface area contributed by atoms with Crippen LogP contribution < -0.4 is 4.74 Å². The molecule has 0 amide bonds. The zero-order chi connectivity index (χ0) is 17.1. The molecule has 0 bridgehead atoms. The molecule has 4 heteroatoms. The molecule has 3 N–H and O–H groups in total. The number of phenolic OH excluding ortho intramolecular Hbond substituents is 1. The van der Waals surface area contributed by atoms with Crippen LogP contribution in [-0.2, 0) is 6.42 Å². The number of ether oxygens (including phenoxy) is 1. The highest BCUT2D eigenvalue weighted by molar-refractivity contribution is 5.41. The van der Waals surface area contributed by atoms with Gasteiger partial charge in [0.2, 0.25) is 0 Å². The highest BCUT2D eigenvalue weighted by atomic mass is 16.5. The molecule has 0 unspecified atom stereocenters. The van der Waals surface area contributed by atoms with E-state index in [2.05, 4.69) is 6.92 Å². The number of phenols is 1. The monoisotopic (exact) mass is 324 g/mol. The quantitative estimate of drug-likeness (QED) is 0.511. The van der Waals surface area contributed by atoms with Gasteiger partial charge in [0.1, 0.15) is 0 Å². The van der Waals surface area contributed by atoms with Crippen molar-refractivity contribution in [1.82, 2.24) is 0 Å². The fourth-order valence-corrected chi connectivity index (χ4v) is 2.74. The number of hydrogen-bond donors (Lipinski definition) is 3. The fraction of sp³-hybridized carbons (Fsp3) is 0.684. The molecule has 0 saturated carbocycles. The van der Waals surface area contributed by atoms with Crippen molar-refractivity contribution in [3.8, 4) is 11.5 Å². The van der Waals surface area contributed by atoms with Crippen LogP contribution in [0.1, 0.15) is 63.9 Å². The Bertz CT molecular complexity index is 433. The molecular formula is C19H32O4. The lowest BCUT2D eigenvalue weighted by atomic mass is 9.99. The minimum Gasteiger partial charge on any atom is -0.504 e. The molecule has 0 aliphatic rings. The first kappa shape index (κ1) is 19.8. The summed E-state index contributed by atoms with van der Waals surface area (Å²) in [6.45, 7) is 2.19. The molecule has 1 aromatic rings. The van der Waals surface area contributed by atoms with Crippen LogP contribution in [0.3, 0.4) is 0 Å². The SMILES string of the molecule is CCCCCCC[C@@H](O)C[C@@H](O)CCc1ccc(O)c(OC)c1. The number of hydrogen-bond acceptors (Lipinski definition) is 4. The van der Waals surface area contributed by atoms with Gasteiger partial charge in [0, 0.05) is 0 Å². The van der Waals surface area contributed by atoms with Crippen molar-refractivity contribution in [2.24, 2.45) is 0 Å². The minimum atomic E-state index is -0.500. The van der Waals surface area contributed by atoms with E-state index >= 15 is 0 Å². The lowest BCUT2D eigenvalue weighted by Gasteiger charge is -2.16. The van der Waals surface area contributed by atoms with Gasteiger partial charge < -0.3 is 20.1 Å². The third-order valence-electron chi connectivity index (χ3n) is 4.20. The van der Waals surface area contributed by atoms with Crippen LogP contribution in [-0.4, -0.2) is 34.6 Å². The van der Waals surface area contributed by atoms with E-state index in [0.717, 1.165) is 24.8 Å². The van der Waals surface area contributed by atoms with E-state index < -0.39 is 12.2 Å². The molecule has 0 fully saturated rings. The maximum absolute atomic E-state index is 10.1. The number of rotatable bonds is 12. The second-order valence-corrected chi connectivity index (χ2v) is 6.29. The Labute approximate surface area is 140 Å². The maximum Gasteiger partial charge on any atom is 0.160 e. The van der Waals surface area contributed by atoms with E-state index in [-0.39, 0.29) is 5.75 Å². The summed E-state index contributed by atoms with van der Waals surface area (Å²) in [6, 6.07) is 5.21. The summed E-state index contributed by atoms with van der Waals surface area (Å²) in [7, 11) is 1.52. The van der Waals surface area contributed by atoms with Crippen molar-refractivity contribution in [3.63, 3.8) is 0 Å². The number of benzene rings is 1. The van der Waals surface area contributed by atoms with E-state index in [1.54, 1.807) is 12.1 Å². The zero-order valence-electron chi connectivity index (χ0n) is 14.5. The Hall–Kier alpha value is -1.26. The lowest BCUT2D eigenvalue weighted by molar-refractivity contribution is 0.0697. The average Bonchev–Trinajstić information content (AvgIpc) is 2.54. The van der Waals surface area contributed by atoms with Crippen LogP contribution in [0.4, 0.5) is 0 Å². The van der Waals surface area contributed by atoms with Gasteiger partial charge in [-0.2, -0.15) is 0 Å². The molecule has 2 atom stereocenters. The Morgan fingerprint density at radius 2 is 1.70 bits per heavy atom. The highest BCUT2D eigenvalue weighted by Gasteiger charge is 2.12. The molecule has 0 radical (unpaired) electrons. The third kappa shape index (κ3) is 8.24. The van der Waals surface area contributed by atoms with Crippen LogP contribution in [0.15, 0.2) is 18.2 Å². The Morgan fingerprint density at radius 1 is 1.00 bits per heavy atom. The van der Waals surface area contributed by atoms with Gasteiger partial charge in [-0.15, -0.1) is 0 Å². The molecule has 23 heavy (non-hydrogen) atoms. The van der Waals surface area contributed by atoms with Crippen LogP contribution in [0, 0.1) is 0 Å². The summed E-state index contributed by atoms with van der Waals surface area (Å²) in [6.07, 6.45) is 7.49. The topological polar surface area (TPSA) is 69.9 Å². The summed E-state index contributed by atoms with van der Waals surface area (Å²) < 4.78 is 5.08. The molecule has 1 rings (SSSR count). The second kappa shape index (κ2) is 11.3. The van der Waals surface area contributed by atoms with Crippen molar-refractivity contribution >= 4 is 0 Å². The summed E-state index contributed by atoms with van der Waals surface area (Å²) >= 11 is 0. The van der Waals surface area contributed by atoms with Crippen LogP contribution in [0.5, 0.6) is 11.5 Å². The molecule has 0 heterocycles. The van der Waals surface area contributed by atoms with Gasteiger partial charge in [0.25, 0.3) is 0 Å². The molecule has 4 nitrogen and oxygen atoms in total. The summed E-state index contributed by atoms with van der Waals surface area (Å²) in [5, 5.41) is 29.6. The Balaban J connectivity index is 2.24. The smallest absolute Gasteiger partial charge is 0.160 e. The van der Waals surface area contributed by atoms with Crippen LogP contribution in [0.25, 0.3) is 0 Å². The molecule has 0 aliphatic carbocycles. The first-order valence-corrected chi connectivity index (χ1v) is 8.78. The fourth-order valence-electron chi connectivity index (χ4n) is 2.74. The summed E-state index contributed by atoms with van der Waals surface area (Å²) in [4.78, 5) is 0. The molecular weight excluding hydrogens is 292 g/mol. The number of unbranched alkanes of at least 4 members (excludes halogenated alkanes) is 4. The largest absolute Gasteiger partial charge is 0.504 e. The van der Waals surface area contributed by atoms with Gasteiger partial charge in [-0.1, -0.05) is 45.1 Å². The van der Waals surface area contributed by atoms with Crippen LogP contribution in [0.2, 0.25) is 0 Å².